The highest BCUT2D eigenvalue weighted by molar-refractivity contribution is 7.98. The molecular weight excluding hydrogens is 332 g/mol. The van der Waals surface area contributed by atoms with E-state index in [9.17, 15) is 4.79 Å². The Morgan fingerprint density at radius 1 is 1.04 bits per heavy atom. The maximum absolute atomic E-state index is 12.3. The van der Waals surface area contributed by atoms with Crippen molar-refractivity contribution >= 4 is 23.4 Å². The van der Waals surface area contributed by atoms with Gasteiger partial charge in [-0.2, -0.15) is 0 Å². The molecule has 0 fully saturated rings. The van der Waals surface area contributed by atoms with Crippen LogP contribution < -0.4 is 10.1 Å². The Morgan fingerprint density at radius 3 is 2.44 bits per heavy atom. The van der Waals surface area contributed by atoms with E-state index in [1.807, 2.05) is 60.9 Å². The van der Waals surface area contributed by atoms with Gasteiger partial charge in [-0.1, -0.05) is 30.3 Å². The highest BCUT2D eigenvalue weighted by Gasteiger charge is 2.07. The zero-order valence-electron chi connectivity index (χ0n) is 13.8. The van der Waals surface area contributed by atoms with Gasteiger partial charge in [-0.05, 0) is 48.2 Å². The third kappa shape index (κ3) is 4.84. The lowest BCUT2D eigenvalue weighted by Crippen LogP contribution is -2.12. The SMILES string of the molecule is CSc1ccc(NC(=O)c2ccc(COc3ccccc3)cc2)cn1. The van der Waals surface area contributed by atoms with Crippen LogP contribution in [0.1, 0.15) is 15.9 Å². The number of ether oxygens (including phenoxy) is 1. The topological polar surface area (TPSA) is 51.2 Å². The molecule has 5 heteroatoms. The van der Waals surface area contributed by atoms with Crippen molar-refractivity contribution < 1.29 is 9.53 Å². The lowest BCUT2D eigenvalue weighted by Gasteiger charge is -2.08. The molecule has 0 bridgehead atoms. The lowest BCUT2D eigenvalue weighted by atomic mass is 10.1. The van der Waals surface area contributed by atoms with Crippen molar-refractivity contribution in [3.8, 4) is 5.75 Å². The number of carbonyl (C=O) groups is 1. The fourth-order valence-corrected chi connectivity index (χ4v) is 2.58. The van der Waals surface area contributed by atoms with Crippen molar-refractivity contribution in [2.24, 2.45) is 0 Å². The molecule has 0 aliphatic heterocycles. The van der Waals surface area contributed by atoms with Gasteiger partial charge in [0.1, 0.15) is 12.4 Å². The van der Waals surface area contributed by atoms with Gasteiger partial charge < -0.3 is 10.1 Å². The molecule has 0 spiro atoms. The Hall–Kier alpha value is -2.79. The molecule has 0 atom stereocenters. The molecule has 1 N–H and O–H groups in total. The van der Waals surface area contributed by atoms with Crippen LogP contribution in [-0.4, -0.2) is 17.1 Å². The highest BCUT2D eigenvalue weighted by Crippen LogP contribution is 2.16. The number of anilines is 1. The van der Waals surface area contributed by atoms with Crippen LogP contribution in [0.2, 0.25) is 0 Å². The number of pyridine rings is 1. The number of benzene rings is 2. The Kier molecular flexibility index (Phi) is 5.69. The number of para-hydroxylation sites is 1. The van der Waals surface area contributed by atoms with E-state index in [1.54, 1.807) is 30.1 Å². The van der Waals surface area contributed by atoms with Crippen LogP contribution in [0.25, 0.3) is 0 Å². The third-order valence-electron chi connectivity index (χ3n) is 3.57. The maximum atomic E-state index is 12.3. The molecule has 3 aromatic rings. The minimum Gasteiger partial charge on any atom is -0.489 e. The number of amides is 1. The number of thioether (sulfide) groups is 1. The van der Waals surface area contributed by atoms with Crippen molar-refractivity contribution in [2.45, 2.75) is 11.6 Å². The molecule has 0 saturated carbocycles. The average molecular weight is 350 g/mol. The first-order valence-corrected chi connectivity index (χ1v) is 9.05. The van der Waals surface area contributed by atoms with E-state index in [4.69, 9.17) is 4.74 Å². The van der Waals surface area contributed by atoms with Crippen molar-refractivity contribution in [3.63, 3.8) is 0 Å². The first kappa shape index (κ1) is 17.0. The van der Waals surface area contributed by atoms with Gasteiger partial charge in [0, 0.05) is 5.56 Å². The molecule has 0 radical (unpaired) electrons. The molecule has 0 saturated heterocycles. The van der Waals surface area contributed by atoms with Gasteiger partial charge >= 0.3 is 0 Å². The molecule has 1 aromatic heterocycles. The van der Waals surface area contributed by atoms with Crippen molar-refractivity contribution in [2.75, 3.05) is 11.6 Å². The summed E-state index contributed by atoms with van der Waals surface area (Å²) in [6, 6.07) is 20.8. The fraction of sp³-hybridized carbons (Fsp3) is 0.100. The predicted octanol–water partition coefficient (Wildman–Crippen LogP) is 4.63. The Labute approximate surface area is 151 Å². The molecule has 1 amide bonds. The van der Waals surface area contributed by atoms with E-state index in [2.05, 4.69) is 10.3 Å². The van der Waals surface area contributed by atoms with E-state index in [0.717, 1.165) is 16.3 Å². The minimum atomic E-state index is -0.158. The van der Waals surface area contributed by atoms with E-state index in [1.165, 1.54) is 0 Å². The van der Waals surface area contributed by atoms with Gasteiger partial charge in [-0.25, -0.2) is 4.98 Å². The average Bonchev–Trinajstić information content (AvgIpc) is 2.68. The summed E-state index contributed by atoms with van der Waals surface area (Å²) in [5.74, 6) is 0.666. The third-order valence-corrected chi connectivity index (χ3v) is 4.23. The zero-order valence-corrected chi connectivity index (χ0v) is 14.6. The second-order valence-corrected chi connectivity index (χ2v) is 6.17. The fourth-order valence-electron chi connectivity index (χ4n) is 2.21. The first-order valence-electron chi connectivity index (χ1n) is 7.83. The molecule has 2 aromatic carbocycles. The van der Waals surface area contributed by atoms with Crippen LogP contribution in [0, 0.1) is 0 Å². The van der Waals surface area contributed by atoms with E-state index < -0.39 is 0 Å². The van der Waals surface area contributed by atoms with Crippen LogP contribution in [0.3, 0.4) is 0 Å². The zero-order chi connectivity index (χ0) is 17.5. The molecule has 0 unspecified atom stereocenters. The number of hydrogen-bond donors (Lipinski definition) is 1. The number of hydrogen-bond acceptors (Lipinski definition) is 4. The predicted molar refractivity (Wildman–Crippen MR) is 101 cm³/mol. The van der Waals surface area contributed by atoms with Crippen molar-refractivity contribution in [1.29, 1.82) is 0 Å². The normalized spacial score (nSPS) is 10.3. The number of nitrogens with zero attached hydrogens (tertiary/aromatic N) is 1. The van der Waals surface area contributed by atoms with Crippen molar-refractivity contribution in [1.82, 2.24) is 4.98 Å². The van der Waals surface area contributed by atoms with Crippen LogP contribution in [0.5, 0.6) is 5.75 Å². The smallest absolute Gasteiger partial charge is 0.255 e. The molecular formula is C20H18N2O2S. The maximum Gasteiger partial charge on any atom is 0.255 e. The monoisotopic (exact) mass is 350 g/mol. The number of rotatable bonds is 6. The quantitative estimate of drug-likeness (QED) is 0.658. The van der Waals surface area contributed by atoms with E-state index in [-0.39, 0.29) is 5.91 Å². The molecule has 25 heavy (non-hydrogen) atoms. The second kappa shape index (κ2) is 8.35. The van der Waals surface area contributed by atoms with Gasteiger partial charge in [0.25, 0.3) is 5.91 Å². The number of carbonyl (C=O) groups excluding carboxylic acids is 1. The molecule has 4 nitrogen and oxygen atoms in total. The summed E-state index contributed by atoms with van der Waals surface area (Å²) in [6.45, 7) is 0.464. The lowest BCUT2D eigenvalue weighted by molar-refractivity contribution is 0.102. The van der Waals surface area contributed by atoms with Gasteiger partial charge in [0.05, 0.1) is 16.9 Å². The van der Waals surface area contributed by atoms with Gasteiger partial charge in [0.2, 0.25) is 0 Å². The highest BCUT2D eigenvalue weighted by atomic mass is 32.2. The minimum absolute atomic E-state index is 0.158. The molecule has 0 aliphatic rings. The van der Waals surface area contributed by atoms with Crippen LogP contribution in [-0.2, 0) is 6.61 Å². The van der Waals surface area contributed by atoms with E-state index >= 15 is 0 Å². The molecule has 3 rings (SSSR count). The Morgan fingerprint density at radius 2 is 1.80 bits per heavy atom. The molecule has 0 aliphatic carbocycles. The van der Waals surface area contributed by atoms with Gasteiger partial charge in [-0.15, -0.1) is 11.8 Å². The standard InChI is InChI=1S/C20H18N2O2S/c1-25-19-12-11-17(13-21-19)22-20(23)16-9-7-15(8-10-16)14-24-18-5-3-2-4-6-18/h2-13H,14H2,1H3,(H,22,23). The Bertz CT molecular complexity index is 819. The molecule has 1 heterocycles. The summed E-state index contributed by atoms with van der Waals surface area (Å²) >= 11 is 1.56. The Balaban J connectivity index is 1.58. The van der Waals surface area contributed by atoms with Crippen LogP contribution in [0.15, 0.2) is 78.0 Å². The van der Waals surface area contributed by atoms with Gasteiger partial charge in [0.15, 0.2) is 0 Å². The van der Waals surface area contributed by atoms with E-state index in [0.29, 0.717) is 17.9 Å². The second-order valence-electron chi connectivity index (χ2n) is 5.34. The summed E-state index contributed by atoms with van der Waals surface area (Å²) in [6.07, 6.45) is 3.62. The van der Waals surface area contributed by atoms with Crippen LogP contribution in [0.4, 0.5) is 5.69 Å². The van der Waals surface area contributed by atoms with Gasteiger partial charge in [-0.3, -0.25) is 4.79 Å². The summed E-state index contributed by atoms with van der Waals surface area (Å²) in [5.41, 5.74) is 2.28. The number of aromatic nitrogens is 1. The summed E-state index contributed by atoms with van der Waals surface area (Å²) in [5, 5.41) is 3.76. The summed E-state index contributed by atoms with van der Waals surface area (Å²) < 4.78 is 5.70. The molecule has 126 valence electrons. The first-order chi connectivity index (χ1) is 12.2. The number of nitrogens with one attached hydrogen (secondary N) is 1. The summed E-state index contributed by atoms with van der Waals surface area (Å²) in [4.78, 5) is 16.5. The van der Waals surface area contributed by atoms with Crippen molar-refractivity contribution in [3.05, 3.63) is 84.1 Å². The summed E-state index contributed by atoms with van der Waals surface area (Å²) in [7, 11) is 0. The largest absolute Gasteiger partial charge is 0.489 e. The van der Waals surface area contributed by atoms with Crippen LogP contribution >= 0.6 is 11.8 Å².